The SMILES string of the molecule is O=C(c1ccccc1)N1CCC(NC(=O)N2CCc3ccccc32)C1. The van der Waals surface area contributed by atoms with E-state index in [0.29, 0.717) is 25.2 Å². The van der Waals surface area contributed by atoms with Crippen molar-refractivity contribution in [2.75, 3.05) is 24.5 Å². The molecule has 0 saturated carbocycles. The molecule has 1 saturated heterocycles. The molecule has 2 aliphatic heterocycles. The van der Waals surface area contributed by atoms with E-state index in [1.165, 1.54) is 5.56 Å². The summed E-state index contributed by atoms with van der Waals surface area (Å²) in [7, 11) is 0. The Hall–Kier alpha value is -2.82. The van der Waals surface area contributed by atoms with Crippen molar-refractivity contribution in [2.24, 2.45) is 0 Å². The molecule has 0 aliphatic carbocycles. The lowest BCUT2D eigenvalue weighted by Crippen LogP contribution is -2.45. The Kier molecular flexibility index (Phi) is 4.14. The topological polar surface area (TPSA) is 52.7 Å². The molecule has 3 amide bonds. The number of carbonyl (C=O) groups excluding carboxylic acids is 2. The Morgan fingerprint density at radius 1 is 0.960 bits per heavy atom. The predicted molar refractivity (Wildman–Crippen MR) is 96.8 cm³/mol. The fourth-order valence-corrected chi connectivity index (χ4v) is 3.63. The highest BCUT2D eigenvalue weighted by atomic mass is 16.2. The van der Waals surface area contributed by atoms with Crippen LogP contribution in [-0.4, -0.2) is 42.5 Å². The lowest BCUT2D eigenvalue weighted by Gasteiger charge is -2.22. The highest BCUT2D eigenvalue weighted by Crippen LogP contribution is 2.27. The number of para-hydroxylation sites is 1. The molecular weight excluding hydrogens is 314 g/mol. The first-order valence-electron chi connectivity index (χ1n) is 8.72. The van der Waals surface area contributed by atoms with Gasteiger partial charge >= 0.3 is 6.03 Å². The number of anilines is 1. The van der Waals surface area contributed by atoms with Crippen molar-refractivity contribution in [3.05, 3.63) is 65.7 Å². The van der Waals surface area contributed by atoms with Gasteiger partial charge in [-0.15, -0.1) is 0 Å². The number of nitrogens with zero attached hydrogens (tertiary/aromatic N) is 2. The number of nitrogens with one attached hydrogen (secondary N) is 1. The van der Waals surface area contributed by atoms with Crippen LogP contribution in [0.15, 0.2) is 54.6 Å². The Morgan fingerprint density at radius 2 is 1.72 bits per heavy atom. The molecule has 0 bridgehead atoms. The third-order valence-corrected chi connectivity index (χ3v) is 4.96. The summed E-state index contributed by atoms with van der Waals surface area (Å²) in [6.45, 7) is 1.95. The van der Waals surface area contributed by atoms with Crippen molar-refractivity contribution in [1.82, 2.24) is 10.2 Å². The third kappa shape index (κ3) is 3.09. The van der Waals surface area contributed by atoms with Crippen LogP contribution in [0.1, 0.15) is 22.3 Å². The van der Waals surface area contributed by atoms with E-state index in [4.69, 9.17) is 0 Å². The van der Waals surface area contributed by atoms with Crippen molar-refractivity contribution < 1.29 is 9.59 Å². The summed E-state index contributed by atoms with van der Waals surface area (Å²) in [5.41, 5.74) is 2.91. The minimum Gasteiger partial charge on any atom is -0.337 e. The Labute approximate surface area is 147 Å². The van der Waals surface area contributed by atoms with Gasteiger partial charge in [0, 0.05) is 36.9 Å². The fraction of sp³-hybridized carbons (Fsp3) is 0.300. The molecule has 2 aromatic carbocycles. The molecule has 0 spiro atoms. The van der Waals surface area contributed by atoms with Crippen LogP contribution in [0, 0.1) is 0 Å². The Bertz CT molecular complexity index is 791. The van der Waals surface area contributed by atoms with Gasteiger partial charge in [0.2, 0.25) is 0 Å². The minimum absolute atomic E-state index is 0.00734. The van der Waals surface area contributed by atoms with Crippen LogP contribution < -0.4 is 10.2 Å². The van der Waals surface area contributed by atoms with E-state index in [1.54, 1.807) is 4.90 Å². The quantitative estimate of drug-likeness (QED) is 0.917. The maximum atomic E-state index is 12.6. The van der Waals surface area contributed by atoms with E-state index in [1.807, 2.05) is 53.4 Å². The molecule has 1 N–H and O–H groups in total. The maximum absolute atomic E-state index is 12.6. The number of hydrogen-bond acceptors (Lipinski definition) is 2. The largest absolute Gasteiger partial charge is 0.337 e. The van der Waals surface area contributed by atoms with Crippen LogP contribution in [-0.2, 0) is 6.42 Å². The molecule has 0 aromatic heterocycles. The first-order valence-corrected chi connectivity index (χ1v) is 8.72. The predicted octanol–water partition coefficient (Wildman–Crippen LogP) is 2.67. The van der Waals surface area contributed by atoms with Gasteiger partial charge in [-0.05, 0) is 36.6 Å². The average molecular weight is 335 g/mol. The van der Waals surface area contributed by atoms with Gasteiger partial charge in [0.05, 0.1) is 0 Å². The zero-order valence-electron chi connectivity index (χ0n) is 14.0. The lowest BCUT2D eigenvalue weighted by atomic mass is 10.2. The molecule has 1 atom stereocenters. The second kappa shape index (κ2) is 6.59. The summed E-state index contributed by atoms with van der Waals surface area (Å²) in [5.74, 6) is 0.0314. The summed E-state index contributed by atoms with van der Waals surface area (Å²) in [6.07, 6.45) is 1.69. The molecule has 5 heteroatoms. The number of fused-ring (bicyclic) bond motifs is 1. The lowest BCUT2D eigenvalue weighted by molar-refractivity contribution is 0.0789. The summed E-state index contributed by atoms with van der Waals surface area (Å²) in [6, 6.07) is 17.3. The summed E-state index contributed by atoms with van der Waals surface area (Å²) in [5, 5.41) is 3.09. The second-order valence-corrected chi connectivity index (χ2v) is 6.58. The zero-order chi connectivity index (χ0) is 17.2. The van der Waals surface area contributed by atoms with Crippen LogP contribution in [0.2, 0.25) is 0 Å². The zero-order valence-corrected chi connectivity index (χ0v) is 14.0. The number of rotatable bonds is 2. The molecule has 128 valence electrons. The highest BCUT2D eigenvalue weighted by molar-refractivity contribution is 5.95. The molecule has 0 radical (unpaired) electrons. The van der Waals surface area contributed by atoms with E-state index >= 15 is 0 Å². The maximum Gasteiger partial charge on any atom is 0.322 e. The summed E-state index contributed by atoms with van der Waals surface area (Å²) >= 11 is 0. The van der Waals surface area contributed by atoms with Crippen molar-refractivity contribution in [3.63, 3.8) is 0 Å². The van der Waals surface area contributed by atoms with Crippen molar-refractivity contribution in [1.29, 1.82) is 0 Å². The normalized spacial score (nSPS) is 19.0. The number of carbonyl (C=O) groups is 2. The van der Waals surface area contributed by atoms with Crippen molar-refractivity contribution in [3.8, 4) is 0 Å². The Morgan fingerprint density at radius 3 is 2.56 bits per heavy atom. The Balaban J connectivity index is 1.37. The number of hydrogen-bond donors (Lipinski definition) is 1. The summed E-state index contributed by atoms with van der Waals surface area (Å²) < 4.78 is 0. The van der Waals surface area contributed by atoms with Gasteiger partial charge in [0.15, 0.2) is 0 Å². The van der Waals surface area contributed by atoms with Crippen LogP contribution in [0.25, 0.3) is 0 Å². The van der Waals surface area contributed by atoms with Gasteiger partial charge in [-0.3, -0.25) is 9.69 Å². The van der Waals surface area contributed by atoms with E-state index in [0.717, 1.165) is 18.5 Å². The van der Waals surface area contributed by atoms with Crippen LogP contribution >= 0.6 is 0 Å². The highest BCUT2D eigenvalue weighted by Gasteiger charge is 2.31. The fourth-order valence-electron chi connectivity index (χ4n) is 3.63. The van der Waals surface area contributed by atoms with Gasteiger partial charge in [-0.2, -0.15) is 0 Å². The van der Waals surface area contributed by atoms with E-state index in [9.17, 15) is 9.59 Å². The molecule has 1 fully saturated rings. The van der Waals surface area contributed by atoms with Crippen LogP contribution in [0.4, 0.5) is 10.5 Å². The van der Waals surface area contributed by atoms with Gasteiger partial charge in [-0.1, -0.05) is 36.4 Å². The van der Waals surface area contributed by atoms with E-state index < -0.39 is 0 Å². The van der Waals surface area contributed by atoms with Gasteiger partial charge in [0.25, 0.3) is 5.91 Å². The summed E-state index contributed by atoms with van der Waals surface area (Å²) in [4.78, 5) is 28.7. The molecule has 4 rings (SSSR count). The molecule has 2 aliphatic rings. The molecule has 2 heterocycles. The third-order valence-electron chi connectivity index (χ3n) is 4.96. The molecule has 1 unspecified atom stereocenters. The molecule has 5 nitrogen and oxygen atoms in total. The van der Waals surface area contributed by atoms with E-state index in [2.05, 4.69) is 11.4 Å². The van der Waals surface area contributed by atoms with Gasteiger partial charge in [-0.25, -0.2) is 4.79 Å². The number of amides is 3. The average Bonchev–Trinajstić information content (AvgIpc) is 3.28. The standard InChI is InChI=1S/C20H21N3O2/c24-19(16-7-2-1-3-8-16)22-12-11-17(14-22)21-20(25)23-13-10-15-6-4-5-9-18(15)23/h1-9,17H,10-14H2,(H,21,25). The first kappa shape index (κ1) is 15.7. The molecule has 2 aromatic rings. The van der Waals surface area contributed by atoms with E-state index in [-0.39, 0.29) is 18.0 Å². The number of urea groups is 1. The minimum atomic E-state index is -0.0658. The monoisotopic (exact) mass is 335 g/mol. The number of benzene rings is 2. The van der Waals surface area contributed by atoms with Crippen LogP contribution in [0.3, 0.4) is 0 Å². The van der Waals surface area contributed by atoms with Crippen LogP contribution in [0.5, 0.6) is 0 Å². The second-order valence-electron chi connectivity index (χ2n) is 6.58. The molecular formula is C20H21N3O2. The number of likely N-dealkylation sites (tertiary alicyclic amines) is 1. The van der Waals surface area contributed by atoms with Gasteiger partial charge < -0.3 is 10.2 Å². The van der Waals surface area contributed by atoms with Gasteiger partial charge in [0.1, 0.15) is 0 Å². The molecule has 25 heavy (non-hydrogen) atoms. The van der Waals surface area contributed by atoms with Crippen molar-refractivity contribution in [2.45, 2.75) is 18.9 Å². The first-order chi connectivity index (χ1) is 12.2. The van der Waals surface area contributed by atoms with Crippen molar-refractivity contribution >= 4 is 17.6 Å². The smallest absolute Gasteiger partial charge is 0.322 e.